The Kier molecular flexibility index (Phi) is 3.17. The lowest BCUT2D eigenvalue weighted by Crippen LogP contribution is -1.95. The maximum absolute atomic E-state index is 12.9. The molecule has 0 atom stereocenters. The van der Waals surface area contributed by atoms with Crippen molar-refractivity contribution in [2.45, 2.75) is 0 Å². The number of nitrogens with one attached hydrogen (secondary N) is 1. The third kappa shape index (κ3) is 2.68. The van der Waals surface area contributed by atoms with Crippen LogP contribution in [0.4, 0.5) is 15.9 Å². The Balaban J connectivity index is 2.20. The van der Waals surface area contributed by atoms with Gasteiger partial charge in [-0.05, 0) is 18.2 Å². The fourth-order valence-corrected chi connectivity index (χ4v) is 1.35. The van der Waals surface area contributed by atoms with Crippen LogP contribution in [0.5, 0.6) is 0 Å². The number of nitrogens with zero attached hydrogens (tertiary/aromatic N) is 3. The Labute approximate surface area is 102 Å². The van der Waals surface area contributed by atoms with Gasteiger partial charge in [-0.2, -0.15) is 5.26 Å². The standard InChI is InChI=1S/C11H6ClFN4/c12-9-3-7(1-2-10(9)13)17-11-6-15-8(4-14)5-16-11/h1-3,5-6H,(H,16,17). The molecule has 0 aliphatic carbocycles. The van der Waals surface area contributed by atoms with E-state index in [0.29, 0.717) is 11.5 Å². The minimum atomic E-state index is -0.483. The van der Waals surface area contributed by atoms with Crippen molar-refractivity contribution in [1.29, 1.82) is 5.26 Å². The smallest absolute Gasteiger partial charge is 0.158 e. The molecule has 0 aliphatic heterocycles. The minimum Gasteiger partial charge on any atom is -0.339 e. The lowest BCUT2D eigenvalue weighted by Gasteiger charge is -2.05. The maximum Gasteiger partial charge on any atom is 0.158 e. The second kappa shape index (κ2) is 4.76. The summed E-state index contributed by atoms with van der Waals surface area (Å²) in [5, 5.41) is 11.5. The van der Waals surface area contributed by atoms with Gasteiger partial charge in [0.1, 0.15) is 17.7 Å². The third-order valence-corrected chi connectivity index (χ3v) is 2.25. The van der Waals surface area contributed by atoms with Crippen LogP contribution in [0.3, 0.4) is 0 Å². The molecule has 0 fully saturated rings. The first kappa shape index (κ1) is 11.3. The van der Waals surface area contributed by atoms with Gasteiger partial charge < -0.3 is 5.32 Å². The zero-order chi connectivity index (χ0) is 12.3. The van der Waals surface area contributed by atoms with Crippen LogP contribution < -0.4 is 5.32 Å². The second-order valence-electron chi connectivity index (χ2n) is 3.15. The van der Waals surface area contributed by atoms with E-state index >= 15 is 0 Å². The molecule has 1 heterocycles. The first-order valence-electron chi connectivity index (χ1n) is 4.63. The Morgan fingerprint density at radius 3 is 2.71 bits per heavy atom. The van der Waals surface area contributed by atoms with Gasteiger partial charge in [0.2, 0.25) is 0 Å². The van der Waals surface area contributed by atoms with E-state index in [1.165, 1.54) is 30.6 Å². The SMILES string of the molecule is N#Cc1cnc(Nc2ccc(F)c(Cl)c2)cn1. The fourth-order valence-electron chi connectivity index (χ4n) is 1.17. The molecule has 0 bridgehead atoms. The summed E-state index contributed by atoms with van der Waals surface area (Å²) in [4.78, 5) is 7.80. The summed E-state index contributed by atoms with van der Waals surface area (Å²) >= 11 is 5.63. The average molecular weight is 249 g/mol. The van der Waals surface area contributed by atoms with E-state index in [1.54, 1.807) is 0 Å². The molecule has 84 valence electrons. The highest BCUT2D eigenvalue weighted by molar-refractivity contribution is 6.31. The van der Waals surface area contributed by atoms with Crippen molar-refractivity contribution >= 4 is 23.1 Å². The van der Waals surface area contributed by atoms with E-state index < -0.39 is 5.82 Å². The first-order chi connectivity index (χ1) is 8.19. The topological polar surface area (TPSA) is 61.6 Å². The number of nitriles is 1. The van der Waals surface area contributed by atoms with Crippen molar-refractivity contribution < 1.29 is 4.39 Å². The third-order valence-electron chi connectivity index (χ3n) is 1.96. The van der Waals surface area contributed by atoms with E-state index in [1.807, 2.05) is 6.07 Å². The fraction of sp³-hybridized carbons (Fsp3) is 0. The maximum atomic E-state index is 12.9. The van der Waals surface area contributed by atoms with E-state index in [0.717, 1.165) is 0 Å². The Morgan fingerprint density at radius 2 is 2.12 bits per heavy atom. The number of hydrogen-bond acceptors (Lipinski definition) is 4. The lowest BCUT2D eigenvalue weighted by molar-refractivity contribution is 0.628. The molecule has 2 aromatic rings. The van der Waals surface area contributed by atoms with Gasteiger partial charge in [-0.25, -0.2) is 14.4 Å². The molecule has 6 heteroatoms. The highest BCUT2D eigenvalue weighted by atomic mass is 35.5. The van der Waals surface area contributed by atoms with Gasteiger partial charge in [0.05, 0.1) is 17.4 Å². The van der Waals surface area contributed by atoms with Crippen LogP contribution in [0, 0.1) is 17.1 Å². The minimum absolute atomic E-state index is 0.0246. The van der Waals surface area contributed by atoms with Gasteiger partial charge in [-0.15, -0.1) is 0 Å². The summed E-state index contributed by atoms with van der Waals surface area (Å²) in [7, 11) is 0. The first-order valence-corrected chi connectivity index (χ1v) is 5.01. The van der Waals surface area contributed by atoms with Crippen molar-refractivity contribution in [3.63, 3.8) is 0 Å². The molecule has 1 aromatic carbocycles. The Bertz CT molecular complexity index is 577. The van der Waals surface area contributed by atoms with Crippen molar-refractivity contribution in [1.82, 2.24) is 9.97 Å². The van der Waals surface area contributed by atoms with Gasteiger partial charge in [-0.3, -0.25) is 0 Å². The van der Waals surface area contributed by atoms with Gasteiger partial charge >= 0.3 is 0 Å². The van der Waals surface area contributed by atoms with Crippen molar-refractivity contribution in [3.05, 3.63) is 47.1 Å². The second-order valence-corrected chi connectivity index (χ2v) is 3.56. The van der Waals surface area contributed by atoms with E-state index in [4.69, 9.17) is 16.9 Å². The summed E-state index contributed by atoms with van der Waals surface area (Å²) in [5.41, 5.74) is 0.822. The zero-order valence-corrected chi connectivity index (χ0v) is 9.24. The van der Waals surface area contributed by atoms with Crippen LogP contribution in [0.25, 0.3) is 0 Å². The number of hydrogen-bond donors (Lipinski definition) is 1. The molecule has 0 radical (unpaired) electrons. The number of aromatic nitrogens is 2. The molecule has 1 N–H and O–H groups in total. The van der Waals surface area contributed by atoms with Gasteiger partial charge in [0.25, 0.3) is 0 Å². The van der Waals surface area contributed by atoms with Crippen LogP contribution >= 0.6 is 11.6 Å². The number of halogens is 2. The van der Waals surface area contributed by atoms with Crippen LogP contribution in [0.15, 0.2) is 30.6 Å². The predicted octanol–water partition coefficient (Wildman–Crippen LogP) is 2.88. The summed E-state index contributed by atoms with van der Waals surface area (Å²) < 4.78 is 12.9. The van der Waals surface area contributed by atoms with E-state index in [-0.39, 0.29) is 10.7 Å². The molecule has 0 amide bonds. The summed E-state index contributed by atoms with van der Waals surface area (Å²) in [6, 6.07) is 6.08. The molecule has 0 saturated heterocycles. The quantitative estimate of drug-likeness (QED) is 0.888. The number of rotatable bonds is 2. The molecule has 1 aromatic heterocycles. The van der Waals surface area contributed by atoms with Gasteiger partial charge in [0, 0.05) is 5.69 Å². The monoisotopic (exact) mass is 248 g/mol. The molecule has 17 heavy (non-hydrogen) atoms. The van der Waals surface area contributed by atoms with Crippen molar-refractivity contribution in [2.75, 3.05) is 5.32 Å². The lowest BCUT2D eigenvalue weighted by atomic mass is 10.3. The highest BCUT2D eigenvalue weighted by Gasteiger charge is 2.02. The Hall–Kier alpha value is -2.19. The van der Waals surface area contributed by atoms with Crippen molar-refractivity contribution in [2.24, 2.45) is 0 Å². The normalized spacial score (nSPS) is 9.71. The molecule has 0 spiro atoms. The summed E-state index contributed by atoms with van der Waals surface area (Å²) in [6.07, 6.45) is 2.75. The molecule has 4 nitrogen and oxygen atoms in total. The molecule has 2 rings (SSSR count). The van der Waals surface area contributed by atoms with E-state index in [9.17, 15) is 4.39 Å². The van der Waals surface area contributed by atoms with Gasteiger partial charge in [0.15, 0.2) is 5.69 Å². The molecule has 0 unspecified atom stereocenters. The summed E-state index contributed by atoms with van der Waals surface area (Å²) in [6.45, 7) is 0. The largest absolute Gasteiger partial charge is 0.339 e. The van der Waals surface area contributed by atoms with Gasteiger partial charge in [-0.1, -0.05) is 11.6 Å². The molecule has 0 aliphatic rings. The zero-order valence-electron chi connectivity index (χ0n) is 8.48. The number of anilines is 2. The molecule has 0 saturated carbocycles. The Morgan fingerprint density at radius 1 is 1.29 bits per heavy atom. The number of benzene rings is 1. The molecular formula is C11H6ClFN4. The van der Waals surface area contributed by atoms with E-state index in [2.05, 4.69) is 15.3 Å². The van der Waals surface area contributed by atoms with Crippen molar-refractivity contribution in [3.8, 4) is 6.07 Å². The molecular weight excluding hydrogens is 243 g/mol. The highest BCUT2D eigenvalue weighted by Crippen LogP contribution is 2.21. The van der Waals surface area contributed by atoms with Crippen LogP contribution in [0.2, 0.25) is 5.02 Å². The van der Waals surface area contributed by atoms with Crippen LogP contribution in [0.1, 0.15) is 5.69 Å². The van der Waals surface area contributed by atoms with Crippen LogP contribution in [-0.4, -0.2) is 9.97 Å². The van der Waals surface area contributed by atoms with Crippen LogP contribution in [-0.2, 0) is 0 Å². The average Bonchev–Trinajstić information content (AvgIpc) is 2.35. The summed E-state index contributed by atoms with van der Waals surface area (Å²) in [5.74, 6) is -0.0326. The predicted molar refractivity (Wildman–Crippen MR) is 61.4 cm³/mol.